The maximum atomic E-state index is 10.7. The molecule has 1 rings (SSSR count). The highest BCUT2D eigenvalue weighted by molar-refractivity contribution is 5.66. The molecule has 0 aliphatic heterocycles. The number of nitrogens with zero attached hydrogens (tertiary/aromatic N) is 1. The number of hydrogen-bond donors (Lipinski definition) is 1. The van der Waals surface area contributed by atoms with E-state index in [2.05, 4.69) is 0 Å². The van der Waals surface area contributed by atoms with E-state index in [1.54, 1.807) is 0 Å². The van der Waals surface area contributed by atoms with Gasteiger partial charge in [0.15, 0.2) is 0 Å². The molecule has 5 nitrogen and oxygen atoms in total. The molecule has 0 unspecified atom stereocenters. The summed E-state index contributed by atoms with van der Waals surface area (Å²) in [4.78, 5) is 20.8. The lowest BCUT2D eigenvalue weighted by Gasteiger charge is -2.18. The molecular weight excluding hydrogens is 174 g/mol. The van der Waals surface area contributed by atoms with Crippen molar-refractivity contribution in [3.63, 3.8) is 0 Å². The van der Waals surface area contributed by atoms with E-state index >= 15 is 0 Å². The number of rotatable bonds is 4. The third-order valence-electron chi connectivity index (χ3n) is 2.73. The molecule has 1 saturated carbocycles. The van der Waals surface area contributed by atoms with Gasteiger partial charge in [0.05, 0.1) is 6.42 Å². The van der Waals surface area contributed by atoms with E-state index in [1.807, 2.05) is 0 Å². The van der Waals surface area contributed by atoms with Crippen molar-refractivity contribution in [3.8, 4) is 0 Å². The fourth-order valence-corrected chi connectivity index (χ4v) is 1.90. The maximum absolute atomic E-state index is 10.7. The summed E-state index contributed by atoms with van der Waals surface area (Å²) in [6.45, 7) is 0. The summed E-state index contributed by atoms with van der Waals surface area (Å²) in [7, 11) is 0. The molecule has 0 heterocycles. The van der Waals surface area contributed by atoms with Crippen LogP contribution in [0, 0.1) is 10.1 Å². The average Bonchev–Trinajstić information content (AvgIpc) is 2.50. The summed E-state index contributed by atoms with van der Waals surface area (Å²) in [6.07, 6.45) is 2.85. The molecule has 0 aromatic heterocycles. The highest BCUT2D eigenvalue weighted by atomic mass is 16.6. The lowest BCUT2D eigenvalue weighted by atomic mass is 9.92. The highest BCUT2D eigenvalue weighted by Gasteiger charge is 2.45. The van der Waals surface area contributed by atoms with Gasteiger partial charge in [0, 0.05) is 24.2 Å². The quantitative estimate of drug-likeness (QED) is 0.533. The summed E-state index contributed by atoms with van der Waals surface area (Å²) < 4.78 is 0. The molecule has 0 spiro atoms. The second kappa shape index (κ2) is 3.72. The molecule has 1 N–H and O–H groups in total. The van der Waals surface area contributed by atoms with E-state index < -0.39 is 11.5 Å². The molecule has 0 radical (unpaired) electrons. The minimum absolute atomic E-state index is 0.0963. The number of nitro groups is 1. The van der Waals surface area contributed by atoms with Gasteiger partial charge in [-0.05, 0) is 12.8 Å². The number of carboxylic acid groups (broad SMARTS) is 1. The van der Waals surface area contributed by atoms with Crippen LogP contribution in [0.2, 0.25) is 0 Å². The fraction of sp³-hybridized carbons (Fsp3) is 0.875. The molecule has 1 aliphatic carbocycles. The van der Waals surface area contributed by atoms with Crippen LogP contribution in [0.1, 0.15) is 38.5 Å². The van der Waals surface area contributed by atoms with Crippen molar-refractivity contribution in [1.82, 2.24) is 0 Å². The molecule has 13 heavy (non-hydrogen) atoms. The third-order valence-corrected chi connectivity index (χ3v) is 2.73. The van der Waals surface area contributed by atoms with Gasteiger partial charge >= 0.3 is 5.97 Å². The highest BCUT2D eigenvalue weighted by Crippen LogP contribution is 2.36. The van der Waals surface area contributed by atoms with Gasteiger partial charge < -0.3 is 5.11 Å². The van der Waals surface area contributed by atoms with Crippen molar-refractivity contribution in [2.75, 3.05) is 0 Å². The van der Waals surface area contributed by atoms with Crippen molar-refractivity contribution in [2.24, 2.45) is 0 Å². The molecule has 1 aliphatic rings. The number of aliphatic carboxylic acids is 1. The summed E-state index contributed by atoms with van der Waals surface area (Å²) in [5, 5.41) is 19.2. The van der Waals surface area contributed by atoms with Gasteiger partial charge in [-0.2, -0.15) is 0 Å². The van der Waals surface area contributed by atoms with Gasteiger partial charge in [-0.1, -0.05) is 0 Å². The lowest BCUT2D eigenvalue weighted by Crippen LogP contribution is -2.35. The van der Waals surface area contributed by atoms with Crippen molar-refractivity contribution >= 4 is 5.97 Å². The first-order valence-electron chi connectivity index (χ1n) is 4.43. The van der Waals surface area contributed by atoms with E-state index in [9.17, 15) is 14.9 Å². The van der Waals surface area contributed by atoms with Gasteiger partial charge in [0.2, 0.25) is 5.54 Å². The Morgan fingerprint density at radius 1 is 1.46 bits per heavy atom. The smallest absolute Gasteiger partial charge is 0.303 e. The van der Waals surface area contributed by atoms with Crippen LogP contribution in [0.5, 0.6) is 0 Å². The summed E-state index contributed by atoms with van der Waals surface area (Å²) in [5.41, 5.74) is -0.932. The standard InChI is InChI=1S/C8H13NO4/c10-7(11)3-6-8(9(12)13)4-1-2-5-8/h1-6H2,(H,10,11). The molecule has 0 amide bonds. The molecule has 5 heteroatoms. The van der Waals surface area contributed by atoms with Crippen molar-refractivity contribution in [2.45, 2.75) is 44.1 Å². The number of hydrogen-bond acceptors (Lipinski definition) is 3. The van der Waals surface area contributed by atoms with E-state index in [0.29, 0.717) is 12.8 Å². The second-order valence-electron chi connectivity index (χ2n) is 3.58. The minimum atomic E-state index is -0.951. The Hall–Kier alpha value is -1.13. The first-order valence-corrected chi connectivity index (χ1v) is 4.43. The monoisotopic (exact) mass is 187 g/mol. The van der Waals surface area contributed by atoms with Crippen LogP contribution in [0.3, 0.4) is 0 Å². The fourth-order valence-electron chi connectivity index (χ4n) is 1.90. The van der Waals surface area contributed by atoms with E-state index in [0.717, 1.165) is 12.8 Å². The van der Waals surface area contributed by atoms with Gasteiger partial charge in [-0.25, -0.2) is 0 Å². The van der Waals surface area contributed by atoms with Crippen molar-refractivity contribution in [1.29, 1.82) is 0 Å². The maximum Gasteiger partial charge on any atom is 0.303 e. The molecule has 0 aromatic carbocycles. The Morgan fingerprint density at radius 3 is 2.38 bits per heavy atom. The predicted molar refractivity (Wildman–Crippen MR) is 45.1 cm³/mol. The van der Waals surface area contributed by atoms with Crippen molar-refractivity contribution in [3.05, 3.63) is 10.1 Å². The van der Waals surface area contributed by atoms with Gasteiger partial charge in [-0.3, -0.25) is 14.9 Å². The van der Waals surface area contributed by atoms with E-state index in [1.165, 1.54) is 0 Å². The zero-order chi connectivity index (χ0) is 9.90. The molecule has 0 atom stereocenters. The van der Waals surface area contributed by atoms with Crippen LogP contribution in [0.15, 0.2) is 0 Å². The van der Waals surface area contributed by atoms with Crippen LogP contribution >= 0.6 is 0 Å². The first kappa shape index (κ1) is 9.95. The summed E-state index contributed by atoms with van der Waals surface area (Å²) in [5.74, 6) is -0.951. The normalized spacial score (nSPS) is 20.0. The minimum Gasteiger partial charge on any atom is -0.481 e. The Balaban J connectivity index is 2.57. The number of carboxylic acids is 1. The SMILES string of the molecule is O=C(O)CCC1([N+](=O)[O-])CCCC1. The Morgan fingerprint density at radius 2 is 2.00 bits per heavy atom. The molecular formula is C8H13NO4. The van der Waals surface area contributed by atoms with Crippen LogP contribution in [0.25, 0.3) is 0 Å². The second-order valence-corrected chi connectivity index (χ2v) is 3.58. The Bertz CT molecular complexity index is 220. The van der Waals surface area contributed by atoms with Crippen molar-refractivity contribution < 1.29 is 14.8 Å². The van der Waals surface area contributed by atoms with Crippen LogP contribution in [0.4, 0.5) is 0 Å². The van der Waals surface area contributed by atoms with E-state index in [4.69, 9.17) is 5.11 Å². The third kappa shape index (κ3) is 2.17. The average molecular weight is 187 g/mol. The van der Waals surface area contributed by atoms with E-state index in [-0.39, 0.29) is 17.8 Å². The molecule has 0 bridgehead atoms. The van der Waals surface area contributed by atoms with Crippen LogP contribution in [-0.2, 0) is 4.79 Å². The topological polar surface area (TPSA) is 80.4 Å². The lowest BCUT2D eigenvalue weighted by molar-refractivity contribution is -0.569. The zero-order valence-corrected chi connectivity index (χ0v) is 7.36. The summed E-state index contributed by atoms with van der Waals surface area (Å²) >= 11 is 0. The molecule has 1 fully saturated rings. The molecule has 74 valence electrons. The summed E-state index contributed by atoms with van der Waals surface area (Å²) in [6, 6.07) is 0. The molecule has 0 saturated heterocycles. The number of carbonyl (C=O) groups is 1. The Labute approximate surface area is 75.9 Å². The largest absolute Gasteiger partial charge is 0.481 e. The first-order chi connectivity index (χ1) is 6.07. The Kier molecular flexibility index (Phi) is 2.85. The van der Waals surface area contributed by atoms with Crippen LogP contribution < -0.4 is 0 Å². The zero-order valence-electron chi connectivity index (χ0n) is 7.36. The van der Waals surface area contributed by atoms with Gasteiger partial charge in [0.25, 0.3) is 0 Å². The van der Waals surface area contributed by atoms with Gasteiger partial charge in [0.1, 0.15) is 0 Å². The van der Waals surface area contributed by atoms with Gasteiger partial charge in [-0.15, -0.1) is 0 Å². The van der Waals surface area contributed by atoms with Crippen LogP contribution in [-0.4, -0.2) is 21.5 Å². The predicted octanol–water partition coefficient (Wildman–Crippen LogP) is 1.44. The molecule has 0 aromatic rings.